The molecule has 0 aliphatic rings. The quantitative estimate of drug-likeness (QED) is 0.405. The van der Waals surface area contributed by atoms with Gasteiger partial charge in [-0.1, -0.05) is 29.3 Å². The third kappa shape index (κ3) is 3.80. The van der Waals surface area contributed by atoms with Gasteiger partial charge in [0, 0.05) is 23.6 Å². The lowest BCUT2D eigenvalue weighted by atomic mass is 10.2. The van der Waals surface area contributed by atoms with E-state index in [2.05, 4.69) is 36.4 Å². The third-order valence-electron chi connectivity index (χ3n) is 4.10. The number of H-pyrrole nitrogens is 1. The van der Waals surface area contributed by atoms with Crippen molar-refractivity contribution in [1.29, 1.82) is 0 Å². The molecule has 0 radical (unpaired) electrons. The number of rotatable bonds is 6. The molecule has 10 heteroatoms. The van der Waals surface area contributed by atoms with Gasteiger partial charge in [0.2, 0.25) is 5.95 Å². The second-order valence-electron chi connectivity index (χ2n) is 6.00. The number of aromatic amines is 1. The number of phenolic OH excluding ortho intramolecular Hbond substituents is 1. The summed E-state index contributed by atoms with van der Waals surface area (Å²) in [5.41, 5.74) is 2.90. The van der Waals surface area contributed by atoms with Crippen molar-refractivity contribution in [3.63, 3.8) is 0 Å². The zero-order chi connectivity index (χ0) is 19.6. The summed E-state index contributed by atoms with van der Waals surface area (Å²) in [4.78, 5) is 30.8. The molecule has 27 heavy (non-hydrogen) atoms. The molecule has 2 heterocycles. The van der Waals surface area contributed by atoms with Crippen LogP contribution in [0.2, 0.25) is 0 Å². The Balaban J connectivity index is 2.02. The Hall–Kier alpha value is -2.88. The predicted molar refractivity (Wildman–Crippen MR) is 108 cm³/mol. The molecule has 3 rings (SSSR count). The molecule has 0 bridgehead atoms. The summed E-state index contributed by atoms with van der Waals surface area (Å²) in [7, 11) is 1.55. The molecule has 1 aromatic carbocycles. The smallest absolute Gasteiger partial charge is 0.329 e. The van der Waals surface area contributed by atoms with E-state index in [9.17, 15) is 14.7 Å². The minimum atomic E-state index is -0.526. The Labute approximate surface area is 162 Å². The first-order valence-electron chi connectivity index (χ1n) is 8.39. The molecule has 3 aromatic rings. The summed E-state index contributed by atoms with van der Waals surface area (Å²) in [6.45, 7) is 2.59. The van der Waals surface area contributed by atoms with Gasteiger partial charge in [-0.05, 0) is 24.6 Å². The van der Waals surface area contributed by atoms with Gasteiger partial charge in [0.05, 0.1) is 6.21 Å². The van der Waals surface area contributed by atoms with Crippen molar-refractivity contribution in [2.24, 2.45) is 12.1 Å². The van der Waals surface area contributed by atoms with Crippen LogP contribution in [0, 0.1) is 0 Å². The Morgan fingerprint density at radius 2 is 2.19 bits per heavy atom. The number of hydrazone groups is 1. The highest BCUT2D eigenvalue weighted by atomic mass is 79.9. The fourth-order valence-corrected chi connectivity index (χ4v) is 3.02. The van der Waals surface area contributed by atoms with Crippen molar-refractivity contribution in [2.75, 3.05) is 5.43 Å². The van der Waals surface area contributed by atoms with E-state index in [0.29, 0.717) is 23.6 Å². The number of fused-ring (bicyclic) bond motifs is 1. The van der Waals surface area contributed by atoms with Crippen molar-refractivity contribution < 1.29 is 5.11 Å². The molecule has 0 saturated heterocycles. The molecular weight excluding hydrogens is 416 g/mol. The number of hydrogen-bond acceptors (Lipinski definition) is 6. The van der Waals surface area contributed by atoms with Gasteiger partial charge in [-0.15, -0.1) is 0 Å². The summed E-state index contributed by atoms with van der Waals surface area (Å²) in [5, 5.41) is 14.0. The van der Waals surface area contributed by atoms with E-state index in [1.807, 2.05) is 6.92 Å². The Morgan fingerprint density at radius 3 is 2.93 bits per heavy atom. The number of aromatic hydroxyl groups is 1. The number of halogens is 1. The summed E-state index contributed by atoms with van der Waals surface area (Å²) in [6, 6.07) is 4.99. The number of aryl methyl sites for hydroxylation is 2. The number of aromatic nitrogens is 4. The van der Waals surface area contributed by atoms with Crippen LogP contribution in [0.5, 0.6) is 5.75 Å². The number of anilines is 1. The highest BCUT2D eigenvalue weighted by Gasteiger charge is 2.16. The molecule has 0 amide bonds. The molecule has 0 unspecified atom stereocenters. The zero-order valence-electron chi connectivity index (χ0n) is 14.9. The molecule has 0 spiro atoms. The van der Waals surface area contributed by atoms with E-state index in [1.54, 1.807) is 29.8 Å². The fourth-order valence-electron chi connectivity index (χ4n) is 2.64. The Kier molecular flexibility index (Phi) is 5.45. The summed E-state index contributed by atoms with van der Waals surface area (Å²) < 4.78 is 3.79. The van der Waals surface area contributed by atoms with Crippen LogP contribution in [0.3, 0.4) is 0 Å². The SMILES string of the molecule is CCCCn1c(N/N=C\c2cc(Br)ccc2O)nc2c1c(=O)[nH]c(=O)n2C. The average Bonchev–Trinajstić information content (AvgIpc) is 3.00. The first-order chi connectivity index (χ1) is 12.9. The molecule has 0 saturated carbocycles. The minimum absolute atomic E-state index is 0.0853. The van der Waals surface area contributed by atoms with Crippen LogP contribution in [-0.2, 0) is 13.6 Å². The van der Waals surface area contributed by atoms with Crippen LogP contribution < -0.4 is 16.7 Å². The number of phenols is 1. The standard InChI is InChI=1S/C17H19BrN6O3/c1-3-4-7-24-13-14(23(2)17(27)21-15(13)26)20-16(24)22-19-9-10-8-11(18)5-6-12(10)25/h5-6,8-9,25H,3-4,7H2,1-2H3,(H,20,22)(H,21,26,27)/b19-9-. The maximum absolute atomic E-state index is 12.3. The highest BCUT2D eigenvalue weighted by Crippen LogP contribution is 2.20. The maximum Gasteiger partial charge on any atom is 0.329 e. The second-order valence-corrected chi connectivity index (χ2v) is 6.92. The number of nitrogens with one attached hydrogen (secondary N) is 2. The zero-order valence-corrected chi connectivity index (χ0v) is 16.4. The molecule has 0 aliphatic heterocycles. The molecule has 142 valence electrons. The van der Waals surface area contributed by atoms with Gasteiger partial charge in [-0.25, -0.2) is 10.2 Å². The normalized spacial score (nSPS) is 11.5. The monoisotopic (exact) mass is 434 g/mol. The number of hydrogen-bond donors (Lipinski definition) is 3. The summed E-state index contributed by atoms with van der Waals surface area (Å²) in [6.07, 6.45) is 3.21. The predicted octanol–water partition coefficient (Wildman–Crippen LogP) is 2.14. The molecule has 2 aromatic heterocycles. The number of imidazole rings is 1. The molecule has 9 nitrogen and oxygen atoms in total. The molecule has 3 N–H and O–H groups in total. The van der Waals surface area contributed by atoms with Gasteiger partial charge >= 0.3 is 5.69 Å². The van der Waals surface area contributed by atoms with Crippen molar-refractivity contribution in [2.45, 2.75) is 26.3 Å². The molecule has 0 aliphatic carbocycles. The first kappa shape index (κ1) is 18.9. The van der Waals surface area contributed by atoms with Crippen molar-refractivity contribution in [3.05, 3.63) is 49.1 Å². The van der Waals surface area contributed by atoms with Gasteiger partial charge < -0.3 is 9.67 Å². The number of benzene rings is 1. The lowest BCUT2D eigenvalue weighted by Crippen LogP contribution is -2.29. The molecular formula is C17H19BrN6O3. The van der Waals surface area contributed by atoms with Crippen LogP contribution in [0.4, 0.5) is 5.95 Å². The fraction of sp³-hybridized carbons (Fsp3) is 0.294. The minimum Gasteiger partial charge on any atom is -0.507 e. The summed E-state index contributed by atoms with van der Waals surface area (Å²) in [5.74, 6) is 0.429. The lowest BCUT2D eigenvalue weighted by Gasteiger charge is -2.07. The van der Waals surface area contributed by atoms with E-state index in [0.717, 1.165) is 17.3 Å². The van der Waals surface area contributed by atoms with Crippen molar-refractivity contribution >= 4 is 39.3 Å². The Morgan fingerprint density at radius 1 is 1.41 bits per heavy atom. The van der Waals surface area contributed by atoms with Crippen LogP contribution >= 0.6 is 15.9 Å². The van der Waals surface area contributed by atoms with E-state index in [-0.39, 0.29) is 11.4 Å². The number of unbranched alkanes of at least 4 members (excludes halogenated alkanes) is 1. The third-order valence-corrected chi connectivity index (χ3v) is 4.59. The van der Waals surface area contributed by atoms with Gasteiger partial charge in [-0.3, -0.25) is 14.3 Å². The van der Waals surface area contributed by atoms with Gasteiger partial charge in [0.25, 0.3) is 5.56 Å². The van der Waals surface area contributed by atoms with Crippen LogP contribution in [0.1, 0.15) is 25.3 Å². The van der Waals surface area contributed by atoms with Crippen LogP contribution in [-0.4, -0.2) is 30.4 Å². The van der Waals surface area contributed by atoms with E-state index in [1.165, 1.54) is 10.8 Å². The van der Waals surface area contributed by atoms with Gasteiger partial charge in [0.1, 0.15) is 5.75 Å². The van der Waals surface area contributed by atoms with Crippen LogP contribution in [0.15, 0.2) is 37.4 Å². The molecule has 0 atom stereocenters. The first-order valence-corrected chi connectivity index (χ1v) is 9.18. The summed E-state index contributed by atoms with van der Waals surface area (Å²) >= 11 is 3.34. The van der Waals surface area contributed by atoms with Gasteiger partial charge in [0.15, 0.2) is 11.2 Å². The average molecular weight is 435 g/mol. The van der Waals surface area contributed by atoms with Crippen molar-refractivity contribution in [1.82, 2.24) is 19.1 Å². The maximum atomic E-state index is 12.3. The van der Waals surface area contributed by atoms with Crippen LogP contribution in [0.25, 0.3) is 11.2 Å². The Bertz CT molecular complexity index is 1130. The van der Waals surface area contributed by atoms with E-state index < -0.39 is 11.2 Å². The van der Waals surface area contributed by atoms with Crippen molar-refractivity contribution in [3.8, 4) is 5.75 Å². The van der Waals surface area contributed by atoms with E-state index >= 15 is 0 Å². The highest BCUT2D eigenvalue weighted by molar-refractivity contribution is 9.10. The van der Waals surface area contributed by atoms with Gasteiger partial charge in [-0.2, -0.15) is 10.1 Å². The molecule has 0 fully saturated rings. The largest absolute Gasteiger partial charge is 0.507 e. The topological polar surface area (TPSA) is 117 Å². The second kappa shape index (κ2) is 7.78. The van der Waals surface area contributed by atoms with E-state index in [4.69, 9.17) is 0 Å². The number of nitrogens with zero attached hydrogens (tertiary/aromatic N) is 4. The lowest BCUT2D eigenvalue weighted by molar-refractivity contribution is 0.474.